The molecule has 3 N–H and O–H groups in total. The number of amides is 1. The van der Waals surface area contributed by atoms with Crippen molar-refractivity contribution in [3.05, 3.63) is 83.8 Å². The third-order valence-electron chi connectivity index (χ3n) is 4.22. The molecule has 0 spiro atoms. The van der Waals surface area contributed by atoms with E-state index in [0.717, 1.165) is 18.3 Å². The number of benzene rings is 2. The minimum Gasteiger partial charge on any atom is -0.496 e. The molecule has 2 rings (SSSR count). The number of hydrogen-bond donors (Lipinski definition) is 2. The summed E-state index contributed by atoms with van der Waals surface area (Å²) in [6, 6.07) is 10.3. The van der Waals surface area contributed by atoms with Crippen LogP contribution in [-0.4, -0.2) is 36.0 Å². The van der Waals surface area contributed by atoms with Crippen LogP contribution in [0.3, 0.4) is 0 Å². The normalized spacial score (nSPS) is 13.6. The Morgan fingerprint density at radius 3 is 2.68 bits per heavy atom. The Labute approximate surface area is 197 Å². The highest BCUT2D eigenvalue weighted by molar-refractivity contribution is 7.92. The van der Waals surface area contributed by atoms with Crippen LogP contribution in [0.15, 0.2) is 76.2 Å². The first kappa shape index (κ1) is 26.5. The number of carbonyl (C=O) groups is 1. The van der Waals surface area contributed by atoms with Crippen LogP contribution in [0.5, 0.6) is 5.75 Å². The van der Waals surface area contributed by atoms with Crippen molar-refractivity contribution in [2.75, 3.05) is 25.3 Å². The standard InChI is InChI=1S/C23H26F2N4O4S/c1-5-33-23(30)29-34(4,31)14-16-7-6-8-18(11-16)27-15(2)28-22(20(25)13-26)19-10-9-17(24)12-21(19)32-3/h6-13,27H,2,5,14,26H2,1,3-4H3/b20-13+,28-22-. The summed E-state index contributed by atoms with van der Waals surface area (Å²) >= 11 is 0. The molecule has 0 aliphatic rings. The molecule has 0 aliphatic carbocycles. The summed E-state index contributed by atoms with van der Waals surface area (Å²) in [6.07, 6.45) is 1.20. The van der Waals surface area contributed by atoms with Gasteiger partial charge in [-0.15, -0.1) is 4.36 Å². The van der Waals surface area contributed by atoms with Crippen LogP contribution in [0.2, 0.25) is 0 Å². The van der Waals surface area contributed by atoms with E-state index in [-0.39, 0.29) is 35.2 Å². The number of anilines is 1. The molecule has 0 heterocycles. The first-order chi connectivity index (χ1) is 16.1. The molecule has 11 heteroatoms. The Hall–Kier alpha value is -3.73. The number of aliphatic imine (C=N–C) groups is 1. The highest BCUT2D eigenvalue weighted by Crippen LogP contribution is 2.25. The first-order valence-corrected chi connectivity index (χ1v) is 12.1. The van der Waals surface area contributed by atoms with Crippen molar-refractivity contribution < 1.29 is 27.3 Å². The highest BCUT2D eigenvalue weighted by atomic mass is 32.2. The van der Waals surface area contributed by atoms with Gasteiger partial charge in [0.15, 0.2) is 5.83 Å². The second kappa shape index (κ2) is 11.9. The molecule has 1 atom stereocenters. The Morgan fingerprint density at radius 1 is 1.29 bits per heavy atom. The molecular formula is C23H26F2N4O4S. The van der Waals surface area contributed by atoms with Crippen LogP contribution in [0.25, 0.3) is 0 Å². The lowest BCUT2D eigenvalue weighted by Gasteiger charge is -2.13. The molecule has 0 bridgehead atoms. The van der Waals surface area contributed by atoms with Crippen LogP contribution in [0.4, 0.5) is 19.3 Å². The summed E-state index contributed by atoms with van der Waals surface area (Å²) in [4.78, 5) is 15.7. The third-order valence-corrected chi connectivity index (χ3v) is 5.63. The third kappa shape index (κ3) is 7.69. The topological polar surface area (TPSA) is 115 Å². The molecule has 1 amide bonds. The van der Waals surface area contributed by atoms with Crippen LogP contribution in [0, 0.1) is 5.82 Å². The predicted molar refractivity (Wildman–Crippen MR) is 129 cm³/mol. The van der Waals surface area contributed by atoms with E-state index in [0.29, 0.717) is 11.3 Å². The summed E-state index contributed by atoms with van der Waals surface area (Å²) in [5.74, 6) is -1.32. The van der Waals surface area contributed by atoms with Gasteiger partial charge >= 0.3 is 6.09 Å². The van der Waals surface area contributed by atoms with Crippen LogP contribution >= 0.6 is 0 Å². The lowest BCUT2D eigenvalue weighted by atomic mass is 10.1. The van der Waals surface area contributed by atoms with Crippen LogP contribution in [-0.2, 0) is 20.2 Å². The van der Waals surface area contributed by atoms with Gasteiger partial charge in [0, 0.05) is 29.8 Å². The molecule has 1 unspecified atom stereocenters. The SMILES string of the molecule is C=C(/N=C(\C(F)=C/N)c1ccc(F)cc1OC)Nc1cccc(CS(C)(=O)=NC(=O)OCC)c1. The summed E-state index contributed by atoms with van der Waals surface area (Å²) in [6.45, 7) is 5.54. The van der Waals surface area contributed by atoms with Crippen molar-refractivity contribution in [2.45, 2.75) is 12.7 Å². The number of methoxy groups -OCH3 is 1. The molecular weight excluding hydrogens is 466 g/mol. The Morgan fingerprint density at radius 2 is 2.03 bits per heavy atom. The molecule has 0 saturated carbocycles. The molecule has 0 aromatic heterocycles. The molecule has 0 fully saturated rings. The van der Waals surface area contributed by atoms with Gasteiger partial charge in [-0.2, -0.15) is 0 Å². The van der Waals surface area contributed by atoms with Crippen molar-refractivity contribution in [2.24, 2.45) is 15.1 Å². The minimum absolute atomic E-state index is 0.000351. The van der Waals surface area contributed by atoms with Crippen LogP contribution in [0.1, 0.15) is 18.1 Å². The van der Waals surface area contributed by atoms with Gasteiger partial charge in [0.1, 0.15) is 23.1 Å². The molecule has 0 aliphatic heterocycles. The minimum atomic E-state index is -2.87. The van der Waals surface area contributed by atoms with Gasteiger partial charge in [-0.3, -0.25) is 0 Å². The Kier molecular flexibility index (Phi) is 9.31. The largest absolute Gasteiger partial charge is 0.496 e. The lowest BCUT2D eigenvalue weighted by molar-refractivity contribution is 0.164. The quantitative estimate of drug-likeness (QED) is 0.489. The zero-order valence-corrected chi connectivity index (χ0v) is 19.8. The van der Waals surface area contributed by atoms with Gasteiger partial charge in [0.2, 0.25) is 0 Å². The molecule has 0 radical (unpaired) electrons. The molecule has 2 aromatic carbocycles. The maximum Gasteiger partial charge on any atom is 0.441 e. The fourth-order valence-corrected chi connectivity index (χ4v) is 4.13. The number of rotatable bonds is 9. The van der Waals surface area contributed by atoms with E-state index in [4.69, 9.17) is 15.2 Å². The number of allylic oxidation sites excluding steroid dienone is 1. The number of hydrogen-bond acceptors (Lipinski definition) is 7. The molecule has 0 saturated heterocycles. The summed E-state index contributed by atoms with van der Waals surface area (Å²) in [7, 11) is -1.56. The average Bonchev–Trinajstić information content (AvgIpc) is 2.76. The van der Waals surface area contributed by atoms with E-state index in [9.17, 15) is 17.8 Å². The van der Waals surface area contributed by atoms with Gasteiger partial charge < -0.3 is 20.5 Å². The zero-order valence-electron chi connectivity index (χ0n) is 19.0. The molecule has 34 heavy (non-hydrogen) atoms. The van der Waals surface area contributed by atoms with Crippen molar-refractivity contribution in [1.29, 1.82) is 0 Å². The average molecular weight is 493 g/mol. The highest BCUT2D eigenvalue weighted by Gasteiger charge is 2.16. The summed E-state index contributed by atoms with van der Waals surface area (Å²) < 4.78 is 54.2. The van der Waals surface area contributed by atoms with E-state index in [1.54, 1.807) is 31.2 Å². The van der Waals surface area contributed by atoms with Crippen molar-refractivity contribution in [3.8, 4) is 5.75 Å². The lowest BCUT2D eigenvalue weighted by Crippen LogP contribution is -2.09. The Balaban J connectivity index is 2.31. The number of nitrogens with two attached hydrogens (primary N) is 1. The fourth-order valence-electron chi connectivity index (χ4n) is 2.90. The van der Waals surface area contributed by atoms with E-state index in [2.05, 4.69) is 21.3 Å². The summed E-state index contributed by atoms with van der Waals surface area (Å²) in [5, 5.41) is 2.91. The first-order valence-electron chi connectivity index (χ1n) is 10.00. The van der Waals surface area contributed by atoms with Crippen molar-refractivity contribution >= 4 is 27.2 Å². The molecule has 182 valence electrons. The van der Waals surface area contributed by atoms with Crippen molar-refractivity contribution in [3.63, 3.8) is 0 Å². The number of ether oxygens (including phenoxy) is 2. The van der Waals surface area contributed by atoms with Gasteiger partial charge in [-0.25, -0.2) is 22.8 Å². The molecule has 8 nitrogen and oxygen atoms in total. The smallest absolute Gasteiger partial charge is 0.441 e. The van der Waals surface area contributed by atoms with E-state index in [1.165, 1.54) is 19.4 Å². The number of carbonyl (C=O) groups excluding carboxylic acids is 1. The second-order valence-corrected chi connectivity index (χ2v) is 9.38. The van der Waals surface area contributed by atoms with E-state index >= 15 is 0 Å². The van der Waals surface area contributed by atoms with Crippen LogP contribution < -0.4 is 15.8 Å². The van der Waals surface area contributed by atoms with Gasteiger partial charge in [0.05, 0.1) is 29.2 Å². The molecule has 2 aromatic rings. The number of nitrogens with zero attached hydrogens (tertiary/aromatic N) is 2. The predicted octanol–water partition coefficient (Wildman–Crippen LogP) is 4.73. The maximum absolute atomic E-state index is 14.5. The Bertz CT molecular complexity index is 1250. The van der Waals surface area contributed by atoms with Crippen molar-refractivity contribution in [1.82, 2.24) is 0 Å². The van der Waals surface area contributed by atoms with Gasteiger partial charge in [-0.05, 0) is 36.8 Å². The van der Waals surface area contributed by atoms with Gasteiger partial charge in [-0.1, -0.05) is 18.7 Å². The maximum atomic E-state index is 14.5. The number of nitrogens with one attached hydrogen (secondary N) is 1. The summed E-state index contributed by atoms with van der Waals surface area (Å²) in [5.41, 5.74) is 6.44. The monoisotopic (exact) mass is 492 g/mol. The van der Waals surface area contributed by atoms with E-state index < -0.39 is 27.5 Å². The number of halogens is 2. The zero-order chi connectivity index (χ0) is 25.3. The van der Waals surface area contributed by atoms with Gasteiger partial charge in [0.25, 0.3) is 0 Å². The second-order valence-electron chi connectivity index (χ2n) is 6.99. The van der Waals surface area contributed by atoms with E-state index in [1.807, 2.05) is 0 Å². The fraction of sp³-hybridized carbons (Fsp3) is 0.217.